The smallest absolute Gasteiger partial charge is 0.408 e. The number of rotatable bonds is 6. The van der Waals surface area contributed by atoms with Crippen LogP contribution in [0.1, 0.15) is 11.1 Å². The number of aromatic amines is 1. The summed E-state index contributed by atoms with van der Waals surface area (Å²) in [5.74, 6) is 0.0471. The quantitative estimate of drug-likeness (QED) is 0.271. The molecule has 2 heterocycles. The Kier molecular flexibility index (Phi) is 5.86. The van der Waals surface area contributed by atoms with Gasteiger partial charge in [0.05, 0.1) is 30.6 Å². The molecule has 0 aliphatic heterocycles. The molecule has 0 bridgehead atoms. The van der Waals surface area contributed by atoms with Gasteiger partial charge in [0.2, 0.25) is 0 Å². The van der Waals surface area contributed by atoms with Gasteiger partial charge < -0.3 is 19.8 Å². The van der Waals surface area contributed by atoms with Crippen molar-refractivity contribution in [3.05, 3.63) is 61.0 Å². The number of H-pyrrole nitrogens is 1. The van der Waals surface area contributed by atoms with Crippen molar-refractivity contribution < 1.29 is 9.66 Å². The molecule has 0 aliphatic rings. The van der Waals surface area contributed by atoms with Gasteiger partial charge in [-0.25, -0.2) is 4.98 Å². The van der Waals surface area contributed by atoms with E-state index < -0.39 is 16.3 Å². The first-order valence-corrected chi connectivity index (χ1v) is 9.61. The van der Waals surface area contributed by atoms with Crippen molar-refractivity contribution in [1.29, 1.82) is 5.26 Å². The number of thioether (sulfide) groups is 1. The molecular formula is C17H13ClN6O4S. The van der Waals surface area contributed by atoms with Crippen LogP contribution in [0.2, 0.25) is 5.02 Å². The molecule has 0 saturated carbocycles. The van der Waals surface area contributed by atoms with Gasteiger partial charge >= 0.3 is 5.82 Å². The molecule has 148 valence electrons. The molecule has 0 aliphatic carbocycles. The molecule has 3 rings (SSSR count). The third-order valence-electron chi connectivity index (χ3n) is 3.96. The Hall–Kier alpha value is -3.36. The maximum absolute atomic E-state index is 12.2. The van der Waals surface area contributed by atoms with Crippen molar-refractivity contribution in [2.24, 2.45) is 0 Å². The van der Waals surface area contributed by atoms with Crippen LogP contribution in [0.5, 0.6) is 5.75 Å². The van der Waals surface area contributed by atoms with Gasteiger partial charge in [0, 0.05) is 11.1 Å². The lowest BCUT2D eigenvalue weighted by Crippen LogP contribution is -2.14. The molecule has 0 atom stereocenters. The van der Waals surface area contributed by atoms with E-state index in [0.29, 0.717) is 22.0 Å². The Bertz CT molecular complexity index is 1200. The second-order valence-electron chi connectivity index (χ2n) is 5.69. The number of nitrogens with one attached hydrogen (secondary N) is 1. The van der Waals surface area contributed by atoms with E-state index >= 15 is 0 Å². The summed E-state index contributed by atoms with van der Waals surface area (Å²) in [5.41, 5.74) is 0.710. The maximum Gasteiger partial charge on any atom is 0.408 e. The highest BCUT2D eigenvalue weighted by molar-refractivity contribution is 7.98. The third kappa shape index (κ3) is 4.08. The monoisotopic (exact) mass is 432 g/mol. The molecule has 0 saturated heterocycles. The summed E-state index contributed by atoms with van der Waals surface area (Å²) in [6.45, 7) is 0.116. The van der Waals surface area contributed by atoms with Crippen LogP contribution in [0, 0.1) is 21.4 Å². The van der Waals surface area contributed by atoms with Crippen LogP contribution in [-0.2, 0) is 6.54 Å². The molecule has 2 aromatic heterocycles. The first-order chi connectivity index (χ1) is 13.9. The van der Waals surface area contributed by atoms with Crippen molar-refractivity contribution in [3.8, 4) is 23.1 Å². The number of methoxy groups -OCH3 is 1. The standard InChI is InChI=1S/C17H13ClN6O4S/c1-28-13-4-3-9(14-11(6-19)16(25)21-17(20-14)29-2)5-10(13)7-23-8-12(18)15(22-23)24(26)27/h3-5,8H,7H2,1-2H3,(H,20,21,25). The van der Waals surface area contributed by atoms with Crippen LogP contribution in [0.25, 0.3) is 11.3 Å². The predicted molar refractivity (Wildman–Crippen MR) is 106 cm³/mol. The zero-order valence-electron chi connectivity index (χ0n) is 15.2. The molecule has 12 heteroatoms. The first kappa shape index (κ1) is 20.4. The van der Waals surface area contributed by atoms with Gasteiger partial charge in [-0.15, -0.1) is 0 Å². The van der Waals surface area contributed by atoms with E-state index in [9.17, 15) is 20.2 Å². The number of benzene rings is 1. The maximum atomic E-state index is 12.2. The SMILES string of the molecule is COc1ccc(-c2nc(SC)[nH]c(=O)c2C#N)cc1Cn1cc(Cl)c([N+](=O)[O-])n1. The number of nitrogens with zero attached hydrogens (tertiary/aromatic N) is 5. The summed E-state index contributed by atoms with van der Waals surface area (Å²) in [7, 11) is 1.48. The second kappa shape index (κ2) is 8.34. The summed E-state index contributed by atoms with van der Waals surface area (Å²) < 4.78 is 6.66. The van der Waals surface area contributed by atoms with Gasteiger partial charge in [-0.3, -0.25) is 4.79 Å². The fourth-order valence-electron chi connectivity index (χ4n) is 2.68. The summed E-state index contributed by atoms with van der Waals surface area (Å²) in [5, 5.41) is 24.5. The number of nitriles is 1. The number of hydrogen-bond acceptors (Lipinski definition) is 8. The van der Waals surface area contributed by atoms with Gasteiger partial charge in [0.15, 0.2) is 10.2 Å². The second-order valence-corrected chi connectivity index (χ2v) is 6.89. The molecular weight excluding hydrogens is 420 g/mol. The summed E-state index contributed by atoms with van der Waals surface area (Å²) in [4.78, 5) is 29.4. The van der Waals surface area contributed by atoms with E-state index in [2.05, 4.69) is 15.1 Å². The minimum absolute atomic E-state index is 0.0854. The van der Waals surface area contributed by atoms with Crippen LogP contribution >= 0.6 is 23.4 Å². The van der Waals surface area contributed by atoms with E-state index in [0.717, 1.165) is 0 Å². The van der Waals surface area contributed by atoms with Crippen LogP contribution in [-0.4, -0.2) is 38.0 Å². The topological polar surface area (TPSA) is 140 Å². The van der Waals surface area contributed by atoms with Crippen LogP contribution in [0.3, 0.4) is 0 Å². The normalized spacial score (nSPS) is 10.6. The molecule has 0 unspecified atom stereocenters. The number of aromatic nitrogens is 4. The van der Waals surface area contributed by atoms with Crippen LogP contribution in [0.4, 0.5) is 5.82 Å². The lowest BCUT2D eigenvalue weighted by atomic mass is 10.0. The van der Waals surface area contributed by atoms with Gasteiger partial charge in [-0.05, 0) is 29.4 Å². The molecule has 0 amide bonds. The van der Waals surface area contributed by atoms with E-state index in [1.165, 1.54) is 29.8 Å². The summed E-state index contributed by atoms with van der Waals surface area (Å²) in [6, 6.07) is 6.90. The van der Waals surface area contributed by atoms with Gasteiger partial charge in [0.1, 0.15) is 17.4 Å². The molecule has 10 nitrogen and oxygen atoms in total. The predicted octanol–water partition coefficient (Wildman–Crippen LogP) is 2.85. The minimum atomic E-state index is -0.671. The molecule has 0 spiro atoms. The Morgan fingerprint density at radius 1 is 1.48 bits per heavy atom. The first-order valence-electron chi connectivity index (χ1n) is 8.01. The molecule has 3 aromatic rings. The van der Waals surface area contributed by atoms with Crippen molar-refractivity contribution >= 4 is 29.2 Å². The Balaban J connectivity index is 2.10. The number of ether oxygens (including phenoxy) is 1. The number of hydrogen-bond donors (Lipinski definition) is 1. The van der Waals surface area contributed by atoms with E-state index in [1.807, 2.05) is 6.07 Å². The molecule has 0 radical (unpaired) electrons. The molecule has 1 N–H and O–H groups in total. The van der Waals surface area contributed by atoms with E-state index in [4.69, 9.17) is 16.3 Å². The third-order valence-corrected chi connectivity index (χ3v) is 4.81. The van der Waals surface area contributed by atoms with Gasteiger partial charge in [0.25, 0.3) is 5.56 Å². The lowest BCUT2D eigenvalue weighted by Gasteiger charge is -2.11. The van der Waals surface area contributed by atoms with E-state index in [-0.39, 0.29) is 22.8 Å². The fourth-order valence-corrected chi connectivity index (χ4v) is 3.27. The molecule has 1 aromatic carbocycles. The lowest BCUT2D eigenvalue weighted by molar-refractivity contribution is -0.389. The Morgan fingerprint density at radius 3 is 2.83 bits per heavy atom. The zero-order chi connectivity index (χ0) is 21.1. The largest absolute Gasteiger partial charge is 0.496 e. The highest BCUT2D eigenvalue weighted by atomic mass is 35.5. The average molecular weight is 433 g/mol. The van der Waals surface area contributed by atoms with Crippen molar-refractivity contribution in [3.63, 3.8) is 0 Å². The average Bonchev–Trinajstić information content (AvgIpc) is 3.07. The minimum Gasteiger partial charge on any atom is -0.496 e. The fraction of sp³-hybridized carbons (Fsp3) is 0.176. The van der Waals surface area contributed by atoms with Crippen molar-refractivity contribution in [2.75, 3.05) is 13.4 Å². The summed E-state index contributed by atoms with van der Waals surface area (Å²) in [6.07, 6.45) is 3.09. The Labute approximate surface area is 173 Å². The van der Waals surface area contributed by atoms with Crippen LogP contribution < -0.4 is 10.3 Å². The molecule has 29 heavy (non-hydrogen) atoms. The van der Waals surface area contributed by atoms with Crippen molar-refractivity contribution in [2.45, 2.75) is 11.7 Å². The van der Waals surface area contributed by atoms with Gasteiger partial charge in [-0.2, -0.15) is 9.94 Å². The van der Waals surface area contributed by atoms with E-state index in [1.54, 1.807) is 24.5 Å². The van der Waals surface area contributed by atoms with Crippen molar-refractivity contribution in [1.82, 2.24) is 19.7 Å². The highest BCUT2D eigenvalue weighted by Gasteiger charge is 2.21. The Morgan fingerprint density at radius 2 is 2.24 bits per heavy atom. The van der Waals surface area contributed by atoms with Gasteiger partial charge in [-0.1, -0.05) is 23.4 Å². The number of nitro groups is 1. The number of halogens is 1. The molecule has 0 fully saturated rings. The zero-order valence-corrected chi connectivity index (χ0v) is 16.7. The van der Waals surface area contributed by atoms with Crippen LogP contribution in [0.15, 0.2) is 34.3 Å². The summed E-state index contributed by atoms with van der Waals surface area (Å²) >= 11 is 7.09. The highest BCUT2D eigenvalue weighted by Crippen LogP contribution is 2.29.